The lowest BCUT2D eigenvalue weighted by molar-refractivity contribution is -0.307. The Balaban J connectivity index is 1.87. The number of aliphatic carboxylic acids is 1. The Morgan fingerprint density at radius 1 is 0.903 bits per heavy atom. The fraction of sp³-hybridized carbons (Fsp3) is 0.0800. The monoisotopic (exact) mass is 412 g/mol. The van der Waals surface area contributed by atoms with E-state index in [1.165, 1.54) is 4.90 Å². The lowest BCUT2D eigenvalue weighted by atomic mass is 9.91. The third kappa shape index (κ3) is 3.83. The number of anilines is 1. The maximum Gasteiger partial charge on any atom is 0.265 e. The van der Waals surface area contributed by atoms with Crippen LogP contribution in [0.15, 0.2) is 72.8 Å². The van der Waals surface area contributed by atoms with Gasteiger partial charge in [0.1, 0.15) is 12.4 Å². The average molecular weight is 412 g/mol. The minimum Gasteiger partial charge on any atom is -0.546 e. The number of benzene rings is 3. The Morgan fingerprint density at radius 2 is 1.55 bits per heavy atom. The summed E-state index contributed by atoms with van der Waals surface area (Å²) in [6.07, 6.45) is 1.61. The van der Waals surface area contributed by atoms with Crippen molar-refractivity contribution in [1.82, 2.24) is 0 Å². The van der Waals surface area contributed by atoms with Gasteiger partial charge in [0.2, 0.25) is 0 Å². The van der Waals surface area contributed by atoms with Gasteiger partial charge < -0.3 is 14.6 Å². The lowest BCUT2D eigenvalue weighted by Crippen LogP contribution is -2.42. The zero-order valence-electron chi connectivity index (χ0n) is 16.7. The van der Waals surface area contributed by atoms with Gasteiger partial charge in [-0.2, -0.15) is 0 Å². The average Bonchev–Trinajstić information content (AvgIpc) is 2.77. The van der Waals surface area contributed by atoms with E-state index in [4.69, 9.17) is 4.74 Å². The zero-order chi connectivity index (χ0) is 22.0. The molecule has 1 aliphatic heterocycles. The number of carboxylic acids is 1. The molecular formula is C25H18NO5-. The number of nitrogens with zero attached hydrogens (tertiary/aromatic N) is 1. The molecule has 4 rings (SSSR count). The second kappa shape index (κ2) is 8.28. The van der Waals surface area contributed by atoms with Crippen LogP contribution in [0.5, 0.6) is 5.75 Å². The molecule has 0 aromatic heterocycles. The summed E-state index contributed by atoms with van der Waals surface area (Å²) >= 11 is 0. The summed E-state index contributed by atoms with van der Waals surface area (Å²) in [6.45, 7) is 1.22. The molecule has 6 nitrogen and oxygen atoms in total. The molecule has 1 heterocycles. The quantitative estimate of drug-likeness (QED) is 0.475. The summed E-state index contributed by atoms with van der Waals surface area (Å²) in [7, 11) is 0. The Hall–Kier alpha value is -4.19. The van der Waals surface area contributed by atoms with Crippen LogP contribution in [0, 0.1) is 6.92 Å². The molecule has 154 valence electrons. The van der Waals surface area contributed by atoms with E-state index >= 15 is 0 Å². The highest BCUT2D eigenvalue weighted by Gasteiger charge is 2.36. The third-order valence-corrected chi connectivity index (χ3v) is 5.00. The molecule has 1 aliphatic rings. The second-order valence-corrected chi connectivity index (χ2v) is 7.03. The maximum absolute atomic E-state index is 13.5. The highest BCUT2D eigenvalue weighted by Crippen LogP contribution is 2.35. The van der Waals surface area contributed by atoms with Gasteiger partial charge in [-0.3, -0.25) is 9.59 Å². The van der Waals surface area contributed by atoms with Gasteiger partial charge in [-0.05, 0) is 42.3 Å². The van der Waals surface area contributed by atoms with Crippen molar-refractivity contribution in [3.05, 3.63) is 95.1 Å². The summed E-state index contributed by atoms with van der Waals surface area (Å²) in [6, 6.07) is 20.9. The van der Waals surface area contributed by atoms with Crippen molar-refractivity contribution in [3.63, 3.8) is 0 Å². The molecule has 0 saturated carbocycles. The second-order valence-electron chi connectivity index (χ2n) is 7.03. The molecule has 3 aromatic rings. The topological polar surface area (TPSA) is 86.7 Å². The number of amides is 2. The lowest BCUT2D eigenvalue weighted by Gasteiger charge is -2.29. The predicted molar refractivity (Wildman–Crippen MR) is 114 cm³/mol. The SMILES string of the molecule is Cc1ccccc1N1C(=O)/C(=C\c2ccccc2OCC(=O)[O-])c2ccccc2C1=O. The molecule has 0 fully saturated rings. The first-order chi connectivity index (χ1) is 15.0. The van der Waals surface area contributed by atoms with Crippen LogP contribution in [0.1, 0.15) is 27.0 Å². The Kier molecular flexibility index (Phi) is 5.37. The summed E-state index contributed by atoms with van der Waals surface area (Å²) in [5.41, 5.74) is 3.05. The van der Waals surface area contributed by atoms with Crippen LogP contribution in [0.3, 0.4) is 0 Å². The Morgan fingerprint density at radius 3 is 2.29 bits per heavy atom. The van der Waals surface area contributed by atoms with Gasteiger partial charge in [-0.25, -0.2) is 4.90 Å². The first kappa shape index (κ1) is 20.1. The number of ether oxygens (including phenoxy) is 1. The van der Waals surface area contributed by atoms with E-state index in [0.717, 1.165) is 5.56 Å². The number of imide groups is 1. The van der Waals surface area contributed by atoms with Crippen LogP contribution < -0.4 is 14.7 Å². The number of aryl methyl sites for hydroxylation is 1. The standard InChI is InChI=1S/C25H19NO5/c1-16-8-2-6-12-21(16)26-24(29)19-11-5-4-10-18(19)20(25(26)30)14-17-9-3-7-13-22(17)31-15-23(27)28/h2-14H,15H2,1H3,(H,27,28)/p-1/b20-14-. The van der Waals surface area contributed by atoms with Crippen molar-refractivity contribution < 1.29 is 24.2 Å². The minimum atomic E-state index is -1.35. The summed E-state index contributed by atoms with van der Waals surface area (Å²) in [5, 5.41) is 10.8. The van der Waals surface area contributed by atoms with Crippen molar-refractivity contribution in [2.75, 3.05) is 11.5 Å². The zero-order valence-corrected chi connectivity index (χ0v) is 16.7. The van der Waals surface area contributed by atoms with Crippen molar-refractivity contribution >= 4 is 35.1 Å². The molecule has 0 aliphatic carbocycles. The van der Waals surface area contributed by atoms with E-state index in [2.05, 4.69) is 0 Å². The number of carbonyl (C=O) groups excluding carboxylic acids is 3. The summed E-state index contributed by atoms with van der Waals surface area (Å²) in [5.74, 6) is -1.91. The maximum atomic E-state index is 13.5. The van der Waals surface area contributed by atoms with Crippen molar-refractivity contribution in [3.8, 4) is 5.75 Å². The van der Waals surface area contributed by atoms with Gasteiger partial charge in [0.25, 0.3) is 11.8 Å². The number of carboxylic acid groups (broad SMARTS) is 1. The van der Waals surface area contributed by atoms with Gasteiger partial charge in [0.05, 0.1) is 11.7 Å². The van der Waals surface area contributed by atoms with E-state index in [1.807, 2.05) is 19.1 Å². The van der Waals surface area contributed by atoms with E-state index < -0.39 is 24.4 Å². The van der Waals surface area contributed by atoms with Crippen LogP contribution in [-0.2, 0) is 9.59 Å². The highest BCUT2D eigenvalue weighted by atomic mass is 16.5. The highest BCUT2D eigenvalue weighted by molar-refractivity contribution is 6.43. The molecule has 0 atom stereocenters. The molecule has 6 heteroatoms. The Bertz CT molecular complexity index is 1230. The largest absolute Gasteiger partial charge is 0.546 e. The molecule has 0 spiro atoms. The Labute approximate surface area is 179 Å². The fourth-order valence-corrected chi connectivity index (χ4v) is 3.55. The molecule has 0 radical (unpaired) electrons. The van der Waals surface area contributed by atoms with Gasteiger partial charge in [-0.1, -0.05) is 54.6 Å². The first-order valence-corrected chi connectivity index (χ1v) is 9.64. The number of rotatable bonds is 5. The van der Waals surface area contributed by atoms with Crippen molar-refractivity contribution in [2.45, 2.75) is 6.92 Å². The van der Waals surface area contributed by atoms with E-state index in [9.17, 15) is 19.5 Å². The number of hydrogen-bond donors (Lipinski definition) is 0. The van der Waals surface area contributed by atoms with Crippen LogP contribution in [0.25, 0.3) is 11.6 Å². The molecule has 31 heavy (non-hydrogen) atoms. The van der Waals surface area contributed by atoms with Crippen LogP contribution in [0.2, 0.25) is 0 Å². The minimum absolute atomic E-state index is 0.295. The van der Waals surface area contributed by atoms with Crippen LogP contribution in [-0.4, -0.2) is 24.4 Å². The molecule has 2 amide bonds. The van der Waals surface area contributed by atoms with Crippen LogP contribution in [0.4, 0.5) is 5.69 Å². The van der Waals surface area contributed by atoms with E-state index in [1.54, 1.807) is 66.7 Å². The molecule has 0 unspecified atom stereocenters. The van der Waals surface area contributed by atoms with Crippen molar-refractivity contribution in [2.24, 2.45) is 0 Å². The fourth-order valence-electron chi connectivity index (χ4n) is 3.55. The smallest absolute Gasteiger partial charge is 0.265 e. The first-order valence-electron chi connectivity index (χ1n) is 9.64. The molecule has 0 N–H and O–H groups in total. The summed E-state index contributed by atoms with van der Waals surface area (Å²) < 4.78 is 5.32. The van der Waals surface area contributed by atoms with Crippen molar-refractivity contribution in [1.29, 1.82) is 0 Å². The molecule has 0 saturated heterocycles. The number of hydrogen-bond acceptors (Lipinski definition) is 5. The van der Waals surface area contributed by atoms with Gasteiger partial charge in [0.15, 0.2) is 0 Å². The molecule has 3 aromatic carbocycles. The predicted octanol–water partition coefficient (Wildman–Crippen LogP) is 2.85. The van der Waals surface area contributed by atoms with Gasteiger partial charge in [-0.15, -0.1) is 0 Å². The van der Waals surface area contributed by atoms with Gasteiger partial charge >= 0.3 is 0 Å². The van der Waals surface area contributed by atoms with E-state index in [-0.39, 0.29) is 0 Å². The van der Waals surface area contributed by atoms with Gasteiger partial charge in [0, 0.05) is 16.7 Å². The number of carbonyl (C=O) groups is 3. The van der Waals surface area contributed by atoms with E-state index in [0.29, 0.717) is 33.7 Å². The molecular weight excluding hydrogens is 394 g/mol. The number of fused-ring (bicyclic) bond motifs is 1. The third-order valence-electron chi connectivity index (χ3n) is 5.00. The van der Waals surface area contributed by atoms with Crippen LogP contribution >= 0.6 is 0 Å². The normalized spacial score (nSPS) is 14.5. The summed E-state index contributed by atoms with van der Waals surface area (Å²) in [4.78, 5) is 38.7. The number of para-hydroxylation sites is 2. The molecule has 0 bridgehead atoms.